The second-order valence-corrected chi connectivity index (χ2v) is 4.95. The van der Waals surface area contributed by atoms with Crippen LogP contribution in [0.4, 0.5) is 15.8 Å². The molecule has 0 atom stereocenters. The number of anilines is 2. The number of benzene rings is 2. The number of hydrogen-bond donors (Lipinski definition) is 2. The Labute approximate surface area is 118 Å². The van der Waals surface area contributed by atoms with Crippen molar-refractivity contribution < 1.29 is 9.18 Å². The van der Waals surface area contributed by atoms with Gasteiger partial charge in [0.05, 0.1) is 12.1 Å². The molecule has 0 saturated heterocycles. The molecule has 0 aliphatic carbocycles. The number of nitrogen functional groups attached to an aromatic ring is 1. The molecule has 98 valence electrons. The summed E-state index contributed by atoms with van der Waals surface area (Å²) < 4.78 is 13.7. The summed E-state index contributed by atoms with van der Waals surface area (Å²) in [6.07, 6.45) is 0.120. The van der Waals surface area contributed by atoms with Crippen molar-refractivity contribution in [2.45, 2.75) is 6.42 Å². The first-order valence-corrected chi connectivity index (χ1v) is 6.43. The van der Waals surface area contributed by atoms with Gasteiger partial charge in [-0.1, -0.05) is 12.1 Å². The van der Waals surface area contributed by atoms with Crippen LogP contribution in [0.1, 0.15) is 5.56 Å². The van der Waals surface area contributed by atoms with Gasteiger partial charge in [-0.2, -0.15) is 0 Å². The second-order valence-electron chi connectivity index (χ2n) is 4.09. The van der Waals surface area contributed by atoms with Crippen LogP contribution in [-0.4, -0.2) is 5.91 Å². The maximum absolute atomic E-state index is 13.0. The van der Waals surface area contributed by atoms with Crippen LogP contribution in [-0.2, 0) is 11.2 Å². The maximum Gasteiger partial charge on any atom is 0.228 e. The lowest BCUT2D eigenvalue weighted by Gasteiger charge is -2.08. The zero-order valence-corrected chi connectivity index (χ0v) is 11.6. The second kappa shape index (κ2) is 5.84. The molecule has 5 heteroatoms. The number of rotatable bonds is 3. The standard InChI is InChI=1S/C14H12BrFN2O/c15-12-8-11(17)4-5-13(12)18-14(19)7-9-2-1-3-10(16)6-9/h1-6,8H,7,17H2,(H,18,19). The number of carbonyl (C=O) groups excluding carboxylic acids is 1. The first-order valence-electron chi connectivity index (χ1n) is 5.64. The van der Waals surface area contributed by atoms with E-state index in [4.69, 9.17) is 5.73 Å². The third-order valence-electron chi connectivity index (χ3n) is 2.52. The Kier molecular flexibility index (Phi) is 4.16. The van der Waals surface area contributed by atoms with E-state index >= 15 is 0 Å². The number of halogens is 2. The summed E-state index contributed by atoms with van der Waals surface area (Å²) in [6.45, 7) is 0. The lowest BCUT2D eigenvalue weighted by atomic mass is 10.1. The molecule has 0 bridgehead atoms. The molecule has 1 amide bonds. The average Bonchev–Trinajstić information content (AvgIpc) is 2.33. The molecule has 0 heterocycles. The average molecular weight is 323 g/mol. The van der Waals surface area contributed by atoms with Crippen molar-refractivity contribution in [3.63, 3.8) is 0 Å². The Morgan fingerprint density at radius 2 is 2.05 bits per heavy atom. The topological polar surface area (TPSA) is 55.1 Å². The van der Waals surface area contributed by atoms with Crippen LogP contribution >= 0.6 is 15.9 Å². The molecular formula is C14H12BrFN2O. The summed E-state index contributed by atoms with van der Waals surface area (Å²) in [5.41, 5.74) is 7.48. The number of nitrogens with two attached hydrogens (primary N) is 1. The molecule has 0 fully saturated rings. The molecule has 0 aliphatic heterocycles. The molecule has 0 spiro atoms. The lowest BCUT2D eigenvalue weighted by molar-refractivity contribution is -0.115. The van der Waals surface area contributed by atoms with Crippen LogP contribution in [0.15, 0.2) is 46.9 Å². The van der Waals surface area contributed by atoms with Gasteiger partial charge in [0.1, 0.15) is 5.82 Å². The van der Waals surface area contributed by atoms with E-state index in [0.717, 1.165) is 0 Å². The minimum Gasteiger partial charge on any atom is -0.399 e. The quantitative estimate of drug-likeness (QED) is 0.851. The van der Waals surface area contributed by atoms with E-state index in [-0.39, 0.29) is 18.1 Å². The van der Waals surface area contributed by atoms with Crippen LogP contribution < -0.4 is 11.1 Å². The third kappa shape index (κ3) is 3.79. The third-order valence-corrected chi connectivity index (χ3v) is 3.18. The Bertz CT molecular complexity index is 616. The molecule has 2 aromatic carbocycles. The number of nitrogens with one attached hydrogen (secondary N) is 1. The molecule has 2 rings (SSSR count). The van der Waals surface area contributed by atoms with E-state index < -0.39 is 0 Å². The van der Waals surface area contributed by atoms with Crippen molar-refractivity contribution >= 4 is 33.2 Å². The van der Waals surface area contributed by atoms with Gasteiger partial charge >= 0.3 is 0 Å². The minimum absolute atomic E-state index is 0.120. The number of amides is 1. The van der Waals surface area contributed by atoms with Gasteiger partial charge in [-0.15, -0.1) is 0 Å². The van der Waals surface area contributed by atoms with Crippen molar-refractivity contribution in [3.05, 3.63) is 58.3 Å². The van der Waals surface area contributed by atoms with E-state index in [9.17, 15) is 9.18 Å². The van der Waals surface area contributed by atoms with E-state index in [2.05, 4.69) is 21.2 Å². The summed E-state index contributed by atoms with van der Waals surface area (Å²) in [5, 5.41) is 2.74. The van der Waals surface area contributed by atoms with E-state index in [0.29, 0.717) is 21.4 Å². The molecule has 3 N–H and O–H groups in total. The smallest absolute Gasteiger partial charge is 0.228 e. The Balaban J connectivity index is 2.05. The number of hydrogen-bond acceptors (Lipinski definition) is 2. The van der Waals surface area contributed by atoms with Gasteiger partial charge in [0, 0.05) is 10.2 Å². The van der Waals surface area contributed by atoms with E-state index in [1.807, 2.05) is 0 Å². The molecular weight excluding hydrogens is 311 g/mol. The van der Waals surface area contributed by atoms with Crippen LogP contribution in [0.5, 0.6) is 0 Å². The molecule has 0 saturated carbocycles. The van der Waals surface area contributed by atoms with Crippen LogP contribution in [0, 0.1) is 5.82 Å². The normalized spacial score (nSPS) is 10.2. The fraction of sp³-hybridized carbons (Fsp3) is 0.0714. The largest absolute Gasteiger partial charge is 0.399 e. The zero-order chi connectivity index (χ0) is 13.8. The molecule has 0 aromatic heterocycles. The highest BCUT2D eigenvalue weighted by atomic mass is 79.9. The van der Waals surface area contributed by atoms with Crippen LogP contribution in [0.3, 0.4) is 0 Å². The predicted molar refractivity (Wildman–Crippen MR) is 77.3 cm³/mol. The summed E-state index contributed by atoms with van der Waals surface area (Å²) in [4.78, 5) is 11.8. The van der Waals surface area contributed by atoms with Gasteiger partial charge in [-0.25, -0.2) is 4.39 Å². The summed E-state index contributed by atoms with van der Waals surface area (Å²) in [5.74, 6) is -0.560. The first-order chi connectivity index (χ1) is 9.04. The fourth-order valence-corrected chi connectivity index (χ4v) is 2.16. The first kappa shape index (κ1) is 13.5. The van der Waals surface area contributed by atoms with Gasteiger partial charge in [-0.05, 0) is 51.8 Å². The zero-order valence-electron chi connectivity index (χ0n) is 9.99. The SMILES string of the molecule is Nc1ccc(NC(=O)Cc2cccc(F)c2)c(Br)c1. The maximum atomic E-state index is 13.0. The molecule has 0 unspecified atom stereocenters. The molecule has 2 aromatic rings. The molecule has 3 nitrogen and oxygen atoms in total. The highest BCUT2D eigenvalue weighted by Crippen LogP contribution is 2.24. The summed E-state index contributed by atoms with van der Waals surface area (Å²) in [6, 6.07) is 11.1. The molecule has 0 aliphatic rings. The van der Waals surface area contributed by atoms with Crippen molar-refractivity contribution in [1.82, 2.24) is 0 Å². The Morgan fingerprint density at radius 3 is 2.74 bits per heavy atom. The van der Waals surface area contributed by atoms with Crippen LogP contribution in [0.2, 0.25) is 0 Å². The lowest BCUT2D eigenvalue weighted by Crippen LogP contribution is -2.14. The Morgan fingerprint density at radius 1 is 1.26 bits per heavy atom. The van der Waals surface area contributed by atoms with Crippen LogP contribution in [0.25, 0.3) is 0 Å². The predicted octanol–water partition coefficient (Wildman–Crippen LogP) is 3.35. The van der Waals surface area contributed by atoms with E-state index in [1.54, 1.807) is 30.3 Å². The molecule has 0 radical (unpaired) electrons. The van der Waals surface area contributed by atoms with E-state index in [1.165, 1.54) is 12.1 Å². The van der Waals surface area contributed by atoms with Crippen molar-refractivity contribution in [3.8, 4) is 0 Å². The van der Waals surface area contributed by atoms with Crippen molar-refractivity contribution in [2.75, 3.05) is 11.1 Å². The van der Waals surface area contributed by atoms with Gasteiger partial charge in [0.15, 0.2) is 0 Å². The summed E-state index contributed by atoms with van der Waals surface area (Å²) >= 11 is 3.32. The summed E-state index contributed by atoms with van der Waals surface area (Å²) in [7, 11) is 0. The number of carbonyl (C=O) groups is 1. The minimum atomic E-state index is -0.348. The fourth-order valence-electron chi connectivity index (χ4n) is 1.66. The highest BCUT2D eigenvalue weighted by Gasteiger charge is 2.07. The Hall–Kier alpha value is -1.88. The van der Waals surface area contributed by atoms with Gasteiger partial charge in [0.2, 0.25) is 5.91 Å². The molecule has 19 heavy (non-hydrogen) atoms. The highest BCUT2D eigenvalue weighted by molar-refractivity contribution is 9.10. The van der Waals surface area contributed by atoms with Gasteiger partial charge in [0.25, 0.3) is 0 Å². The van der Waals surface area contributed by atoms with Gasteiger partial charge < -0.3 is 11.1 Å². The monoisotopic (exact) mass is 322 g/mol. The van der Waals surface area contributed by atoms with Crippen molar-refractivity contribution in [2.24, 2.45) is 0 Å². The van der Waals surface area contributed by atoms with Gasteiger partial charge in [-0.3, -0.25) is 4.79 Å². The van der Waals surface area contributed by atoms with Crippen molar-refractivity contribution in [1.29, 1.82) is 0 Å².